The summed E-state index contributed by atoms with van der Waals surface area (Å²) in [7, 11) is 0. The van der Waals surface area contributed by atoms with Gasteiger partial charge in [0.25, 0.3) is 0 Å². The molecule has 4 nitrogen and oxygen atoms in total. The average molecular weight is 226 g/mol. The maximum Gasteiger partial charge on any atom is 0.223 e. The largest absolute Gasteiger partial charge is 0.396 e. The number of carbonyl (C=O) groups excluding carboxylic acids is 1. The molecule has 1 heterocycles. The molecule has 1 amide bonds. The summed E-state index contributed by atoms with van der Waals surface area (Å²) >= 11 is 0. The van der Waals surface area contributed by atoms with Crippen LogP contribution in [0, 0.1) is 11.3 Å². The van der Waals surface area contributed by atoms with Crippen molar-refractivity contribution in [2.24, 2.45) is 11.3 Å². The van der Waals surface area contributed by atoms with Crippen LogP contribution in [0.25, 0.3) is 0 Å². The molecule has 16 heavy (non-hydrogen) atoms. The number of rotatable bonds is 4. The molecule has 3 N–H and O–H groups in total. The van der Waals surface area contributed by atoms with Crippen LogP contribution in [0.5, 0.6) is 0 Å². The van der Waals surface area contributed by atoms with E-state index in [4.69, 9.17) is 5.11 Å². The number of hydrogen-bond acceptors (Lipinski definition) is 3. The van der Waals surface area contributed by atoms with Gasteiger partial charge in [-0.15, -0.1) is 0 Å². The van der Waals surface area contributed by atoms with Crippen molar-refractivity contribution in [3.8, 4) is 0 Å². The highest BCUT2D eigenvalue weighted by Crippen LogP contribution is 2.44. The summed E-state index contributed by atoms with van der Waals surface area (Å²) in [6, 6.07) is 0.442. The van der Waals surface area contributed by atoms with E-state index < -0.39 is 0 Å². The number of amides is 1. The first-order chi connectivity index (χ1) is 7.65. The number of piperidine rings is 1. The van der Waals surface area contributed by atoms with Crippen molar-refractivity contribution in [1.82, 2.24) is 10.6 Å². The zero-order valence-electron chi connectivity index (χ0n) is 9.96. The molecule has 1 aliphatic heterocycles. The van der Waals surface area contributed by atoms with Crippen LogP contribution in [0.3, 0.4) is 0 Å². The summed E-state index contributed by atoms with van der Waals surface area (Å²) < 4.78 is 0. The third kappa shape index (κ3) is 2.74. The normalized spacial score (nSPS) is 32.1. The lowest BCUT2D eigenvalue weighted by Crippen LogP contribution is -2.43. The van der Waals surface area contributed by atoms with Gasteiger partial charge in [0, 0.05) is 23.9 Å². The van der Waals surface area contributed by atoms with E-state index >= 15 is 0 Å². The van der Waals surface area contributed by atoms with Crippen molar-refractivity contribution in [3.05, 3.63) is 0 Å². The van der Waals surface area contributed by atoms with Gasteiger partial charge in [0.15, 0.2) is 0 Å². The Bertz CT molecular complexity index is 264. The van der Waals surface area contributed by atoms with Crippen molar-refractivity contribution in [2.75, 3.05) is 19.7 Å². The molecule has 0 spiro atoms. The topological polar surface area (TPSA) is 61.4 Å². The summed E-state index contributed by atoms with van der Waals surface area (Å²) in [5.41, 5.74) is 0.0220. The molecular formula is C12H22N2O2. The number of aliphatic hydroxyl groups is 1. The van der Waals surface area contributed by atoms with Crippen LogP contribution < -0.4 is 10.6 Å². The van der Waals surface area contributed by atoms with Crippen molar-refractivity contribution in [3.63, 3.8) is 0 Å². The van der Waals surface area contributed by atoms with E-state index in [2.05, 4.69) is 17.6 Å². The minimum atomic E-state index is 0.0220. The predicted octanol–water partition coefficient (Wildman–Crippen LogP) is 0.263. The summed E-state index contributed by atoms with van der Waals surface area (Å²) in [6.45, 7) is 3.91. The van der Waals surface area contributed by atoms with Gasteiger partial charge in [0.05, 0.1) is 6.61 Å². The van der Waals surface area contributed by atoms with Crippen LogP contribution in [-0.2, 0) is 4.79 Å². The van der Waals surface area contributed by atoms with E-state index in [1.54, 1.807) is 0 Å². The van der Waals surface area contributed by atoms with Crippen molar-refractivity contribution in [2.45, 2.75) is 38.6 Å². The third-order valence-corrected chi connectivity index (χ3v) is 3.92. The molecule has 1 aliphatic carbocycles. The predicted molar refractivity (Wildman–Crippen MR) is 62.0 cm³/mol. The van der Waals surface area contributed by atoms with Gasteiger partial charge in [-0.1, -0.05) is 0 Å². The summed E-state index contributed by atoms with van der Waals surface area (Å²) in [4.78, 5) is 11.9. The number of aliphatic hydroxyl groups excluding tert-OH is 1. The summed E-state index contributed by atoms with van der Waals surface area (Å²) in [6.07, 6.45) is 3.96. The van der Waals surface area contributed by atoms with E-state index in [9.17, 15) is 4.79 Å². The Kier molecular flexibility index (Phi) is 3.50. The van der Waals surface area contributed by atoms with Gasteiger partial charge in [-0.3, -0.25) is 4.79 Å². The smallest absolute Gasteiger partial charge is 0.223 e. The fraction of sp³-hybridized carbons (Fsp3) is 0.917. The number of carbonyl (C=O) groups is 1. The highest BCUT2D eigenvalue weighted by molar-refractivity contribution is 5.78. The second-order valence-corrected chi connectivity index (χ2v) is 5.45. The van der Waals surface area contributed by atoms with E-state index in [1.165, 1.54) is 0 Å². The Hall–Kier alpha value is -0.610. The van der Waals surface area contributed by atoms with Gasteiger partial charge in [-0.25, -0.2) is 0 Å². The SMILES string of the molecule is CC1CC(C(=O)NCC2(CO)CC2)CCN1. The number of hydrogen-bond donors (Lipinski definition) is 3. The van der Waals surface area contributed by atoms with Crippen LogP contribution in [-0.4, -0.2) is 36.8 Å². The minimum absolute atomic E-state index is 0.0220. The van der Waals surface area contributed by atoms with Crippen molar-refractivity contribution in [1.29, 1.82) is 0 Å². The van der Waals surface area contributed by atoms with E-state index in [1.807, 2.05) is 0 Å². The highest BCUT2D eigenvalue weighted by atomic mass is 16.3. The Balaban J connectivity index is 1.75. The molecule has 2 rings (SSSR count). The molecule has 0 aromatic heterocycles. The first kappa shape index (κ1) is 11.9. The van der Waals surface area contributed by atoms with E-state index in [0.717, 1.165) is 32.2 Å². The molecule has 1 saturated heterocycles. The average Bonchev–Trinajstić information content (AvgIpc) is 3.07. The Labute approximate surface area is 96.8 Å². The van der Waals surface area contributed by atoms with Crippen LogP contribution in [0.15, 0.2) is 0 Å². The lowest BCUT2D eigenvalue weighted by Gasteiger charge is -2.27. The Morgan fingerprint density at radius 2 is 2.31 bits per heavy atom. The van der Waals surface area contributed by atoms with Gasteiger partial charge in [-0.05, 0) is 39.2 Å². The fourth-order valence-corrected chi connectivity index (χ4v) is 2.36. The maximum atomic E-state index is 11.9. The van der Waals surface area contributed by atoms with Crippen LogP contribution in [0.1, 0.15) is 32.6 Å². The quantitative estimate of drug-likeness (QED) is 0.644. The molecule has 0 aromatic carbocycles. The zero-order valence-corrected chi connectivity index (χ0v) is 9.96. The van der Waals surface area contributed by atoms with Gasteiger partial charge < -0.3 is 15.7 Å². The second-order valence-electron chi connectivity index (χ2n) is 5.45. The molecule has 0 aromatic rings. The first-order valence-corrected chi connectivity index (χ1v) is 6.27. The van der Waals surface area contributed by atoms with Crippen LogP contribution in [0.2, 0.25) is 0 Å². The zero-order chi connectivity index (χ0) is 11.6. The molecule has 2 unspecified atom stereocenters. The molecule has 92 valence electrons. The van der Waals surface area contributed by atoms with Crippen LogP contribution >= 0.6 is 0 Å². The van der Waals surface area contributed by atoms with Gasteiger partial charge >= 0.3 is 0 Å². The molecule has 0 bridgehead atoms. The lowest BCUT2D eigenvalue weighted by molar-refractivity contribution is -0.126. The Morgan fingerprint density at radius 3 is 2.88 bits per heavy atom. The third-order valence-electron chi connectivity index (χ3n) is 3.92. The molecule has 2 aliphatic rings. The minimum Gasteiger partial charge on any atom is -0.396 e. The van der Waals surface area contributed by atoms with Gasteiger partial charge in [0.2, 0.25) is 5.91 Å². The Morgan fingerprint density at radius 1 is 1.56 bits per heavy atom. The molecule has 2 fully saturated rings. The first-order valence-electron chi connectivity index (χ1n) is 6.27. The van der Waals surface area contributed by atoms with Crippen LogP contribution in [0.4, 0.5) is 0 Å². The lowest BCUT2D eigenvalue weighted by atomic mass is 9.92. The summed E-state index contributed by atoms with van der Waals surface area (Å²) in [5, 5.41) is 15.5. The molecule has 4 heteroatoms. The molecule has 0 radical (unpaired) electrons. The van der Waals surface area contributed by atoms with Gasteiger partial charge in [0.1, 0.15) is 0 Å². The van der Waals surface area contributed by atoms with E-state index in [-0.39, 0.29) is 23.8 Å². The highest BCUT2D eigenvalue weighted by Gasteiger charge is 2.42. The molecular weight excluding hydrogens is 204 g/mol. The fourth-order valence-electron chi connectivity index (χ4n) is 2.36. The van der Waals surface area contributed by atoms with Crippen molar-refractivity contribution < 1.29 is 9.90 Å². The second kappa shape index (κ2) is 4.72. The maximum absolute atomic E-state index is 11.9. The van der Waals surface area contributed by atoms with Crippen molar-refractivity contribution >= 4 is 5.91 Å². The monoisotopic (exact) mass is 226 g/mol. The number of nitrogens with one attached hydrogen (secondary N) is 2. The van der Waals surface area contributed by atoms with Gasteiger partial charge in [-0.2, -0.15) is 0 Å². The molecule has 1 saturated carbocycles. The summed E-state index contributed by atoms with van der Waals surface area (Å²) in [5.74, 6) is 0.332. The van der Waals surface area contributed by atoms with E-state index in [0.29, 0.717) is 12.6 Å². The molecule has 2 atom stereocenters. The standard InChI is InChI=1S/C12H22N2O2/c1-9-6-10(2-5-13-9)11(16)14-7-12(8-15)3-4-12/h9-10,13,15H,2-8H2,1H3,(H,14,16).